The fraction of sp³-hybridized carbons (Fsp3) is 0.167. The molecule has 0 spiro atoms. The minimum Gasteiger partial charge on any atom is -0.305 e. The van der Waals surface area contributed by atoms with Gasteiger partial charge in [-0.3, -0.25) is 9.59 Å². The summed E-state index contributed by atoms with van der Waals surface area (Å²) in [5.41, 5.74) is 3.27. The maximum Gasteiger partial charge on any atom is 0.187 e. The molecule has 0 aliphatic rings. The molecule has 25 heavy (non-hydrogen) atoms. The summed E-state index contributed by atoms with van der Waals surface area (Å²) in [5, 5.41) is 7.84. The number of halogens is 1. The number of nitrogens with zero attached hydrogens (tertiary/aromatic N) is 4. The molecule has 0 amide bonds. The van der Waals surface area contributed by atoms with Crippen LogP contribution >= 0.6 is 22.6 Å². The van der Waals surface area contributed by atoms with Crippen LogP contribution in [0.15, 0.2) is 59.0 Å². The predicted octanol–water partition coefficient (Wildman–Crippen LogP) is 4.24. The molecule has 0 bridgehead atoms. The first-order valence-electron chi connectivity index (χ1n) is 7.60. The van der Waals surface area contributed by atoms with Gasteiger partial charge in [0.05, 0.1) is 11.4 Å². The zero-order valence-electron chi connectivity index (χ0n) is 13.7. The summed E-state index contributed by atoms with van der Waals surface area (Å²) in [4.78, 5) is 27.3. The molecule has 2 aromatic heterocycles. The molecule has 2 heterocycles. The summed E-state index contributed by atoms with van der Waals surface area (Å²) in [5.74, 6) is -0.626. The van der Waals surface area contributed by atoms with E-state index in [1.807, 2.05) is 41.1 Å². The van der Waals surface area contributed by atoms with Crippen LogP contribution in [0.4, 0.5) is 5.69 Å². The minimum absolute atomic E-state index is 0.313. The van der Waals surface area contributed by atoms with Gasteiger partial charge in [-0.25, -0.2) is 4.98 Å². The van der Waals surface area contributed by atoms with Crippen molar-refractivity contribution < 1.29 is 9.59 Å². The van der Waals surface area contributed by atoms with Crippen LogP contribution in [-0.2, 0) is 9.59 Å². The van der Waals surface area contributed by atoms with Crippen LogP contribution in [0.25, 0.3) is 16.9 Å². The third kappa shape index (κ3) is 3.98. The lowest BCUT2D eigenvalue weighted by Crippen LogP contribution is -2.23. The Kier molecular flexibility index (Phi) is 5.03. The van der Waals surface area contributed by atoms with E-state index in [1.165, 1.54) is 13.8 Å². The number of rotatable bonds is 5. The number of fused-ring (bicyclic) bond motifs is 1. The highest BCUT2D eigenvalue weighted by molar-refractivity contribution is 14.1. The van der Waals surface area contributed by atoms with E-state index in [0.717, 1.165) is 20.5 Å². The lowest BCUT2D eigenvalue weighted by molar-refractivity contribution is -0.126. The first-order valence-corrected chi connectivity index (χ1v) is 8.68. The predicted molar refractivity (Wildman–Crippen MR) is 103 cm³/mol. The Balaban J connectivity index is 1.83. The molecule has 126 valence electrons. The van der Waals surface area contributed by atoms with Crippen LogP contribution in [0, 0.1) is 3.57 Å². The van der Waals surface area contributed by atoms with Crippen LogP contribution in [0.1, 0.15) is 13.8 Å². The van der Waals surface area contributed by atoms with E-state index in [9.17, 15) is 9.59 Å². The smallest absolute Gasteiger partial charge is 0.187 e. The van der Waals surface area contributed by atoms with E-state index >= 15 is 0 Å². The Hall–Kier alpha value is -2.42. The summed E-state index contributed by atoms with van der Waals surface area (Å²) < 4.78 is 3.12. The number of carbonyl (C=O) groups is 2. The average molecular weight is 446 g/mol. The number of hydrogen-bond donors (Lipinski definition) is 0. The largest absolute Gasteiger partial charge is 0.305 e. The van der Waals surface area contributed by atoms with Gasteiger partial charge in [-0.1, -0.05) is 12.1 Å². The molecular formula is C18H15IN4O2. The van der Waals surface area contributed by atoms with Gasteiger partial charge in [0.1, 0.15) is 5.65 Å². The van der Waals surface area contributed by atoms with Crippen LogP contribution in [0.2, 0.25) is 0 Å². The fourth-order valence-electron chi connectivity index (χ4n) is 2.38. The molecule has 0 atom stereocenters. The topological polar surface area (TPSA) is 76.2 Å². The second-order valence-corrected chi connectivity index (χ2v) is 6.87. The third-order valence-electron chi connectivity index (χ3n) is 3.64. The molecule has 3 aromatic rings. The minimum atomic E-state index is -1.03. The third-order valence-corrected chi connectivity index (χ3v) is 4.27. The van der Waals surface area contributed by atoms with Crippen molar-refractivity contribution in [3.05, 3.63) is 52.4 Å². The fourth-order valence-corrected chi connectivity index (χ4v) is 2.86. The van der Waals surface area contributed by atoms with Gasteiger partial charge in [0.2, 0.25) is 0 Å². The highest BCUT2D eigenvalue weighted by atomic mass is 127. The molecule has 6 nitrogen and oxygen atoms in total. The summed E-state index contributed by atoms with van der Waals surface area (Å²) in [7, 11) is 0. The average Bonchev–Trinajstić information content (AvgIpc) is 2.98. The van der Waals surface area contributed by atoms with Crippen molar-refractivity contribution in [1.29, 1.82) is 0 Å². The van der Waals surface area contributed by atoms with Crippen molar-refractivity contribution in [2.24, 2.45) is 10.2 Å². The Morgan fingerprint density at radius 3 is 2.36 bits per heavy atom. The van der Waals surface area contributed by atoms with E-state index < -0.39 is 6.04 Å². The van der Waals surface area contributed by atoms with E-state index in [1.54, 1.807) is 12.1 Å². The van der Waals surface area contributed by atoms with Crippen LogP contribution in [-0.4, -0.2) is 27.0 Å². The Labute approximate surface area is 158 Å². The molecule has 7 heteroatoms. The highest BCUT2D eigenvalue weighted by Gasteiger charge is 2.18. The number of Topliss-reactive ketones (excluding diaryl/α,β-unsaturated/α-hetero) is 2. The molecule has 0 N–H and O–H groups in total. The Bertz CT molecular complexity index is 962. The Morgan fingerprint density at radius 2 is 1.72 bits per heavy atom. The van der Waals surface area contributed by atoms with Crippen molar-refractivity contribution >= 4 is 45.5 Å². The van der Waals surface area contributed by atoms with Gasteiger partial charge in [0.25, 0.3) is 0 Å². The summed E-state index contributed by atoms with van der Waals surface area (Å²) in [6, 6.07) is 10.3. The lowest BCUT2D eigenvalue weighted by Gasteiger charge is -2.02. The zero-order valence-corrected chi connectivity index (χ0v) is 15.8. The number of imidazole rings is 1. The molecule has 0 saturated carbocycles. The van der Waals surface area contributed by atoms with Crippen molar-refractivity contribution in [2.45, 2.75) is 19.9 Å². The van der Waals surface area contributed by atoms with Crippen molar-refractivity contribution in [1.82, 2.24) is 9.38 Å². The second kappa shape index (κ2) is 7.22. The van der Waals surface area contributed by atoms with E-state index in [0.29, 0.717) is 5.69 Å². The maximum atomic E-state index is 11.4. The van der Waals surface area contributed by atoms with E-state index in [-0.39, 0.29) is 11.6 Å². The van der Waals surface area contributed by atoms with Gasteiger partial charge in [0.15, 0.2) is 17.6 Å². The zero-order chi connectivity index (χ0) is 18.0. The van der Waals surface area contributed by atoms with Crippen LogP contribution < -0.4 is 0 Å². The summed E-state index contributed by atoms with van der Waals surface area (Å²) in [6.45, 7) is 2.66. The van der Waals surface area contributed by atoms with E-state index in [4.69, 9.17) is 0 Å². The van der Waals surface area contributed by atoms with Gasteiger partial charge < -0.3 is 4.40 Å². The number of carbonyl (C=O) groups excluding carboxylic acids is 2. The van der Waals surface area contributed by atoms with Crippen LogP contribution in [0.3, 0.4) is 0 Å². The number of azo groups is 1. The number of benzene rings is 1. The number of aromatic nitrogens is 2. The molecule has 0 radical (unpaired) electrons. The van der Waals surface area contributed by atoms with Crippen molar-refractivity contribution in [3.63, 3.8) is 0 Å². The first kappa shape index (κ1) is 17.4. The molecule has 0 unspecified atom stereocenters. The molecule has 0 fully saturated rings. The number of pyridine rings is 1. The standard InChI is InChI=1S/C18H15IN4O2/c1-11(24)18(12(2)25)22-21-15-6-3-13(4-7-15)16-10-23-9-14(19)5-8-17(23)20-16/h3-10,18H,1-2H3. The molecule has 3 rings (SSSR count). The monoisotopic (exact) mass is 446 g/mol. The first-order chi connectivity index (χ1) is 11.9. The van der Waals surface area contributed by atoms with Crippen molar-refractivity contribution in [3.8, 4) is 11.3 Å². The SMILES string of the molecule is CC(=O)C(N=Nc1ccc(-c2cn3cc(I)ccc3n2)cc1)C(C)=O. The van der Waals surface area contributed by atoms with Gasteiger partial charge in [-0.05, 0) is 60.7 Å². The molecule has 0 aliphatic heterocycles. The number of hydrogen-bond acceptors (Lipinski definition) is 5. The summed E-state index contributed by atoms with van der Waals surface area (Å²) in [6.07, 6.45) is 3.98. The summed E-state index contributed by atoms with van der Waals surface area (Å²) >= 11 is 2.26. The lowest BCUT2D eigenvalue weighted by atomic mass is 10.1. The van der Waals surface area contributed by atoms with Gasteiger partial charge in [-0.15, -0.1) is 0 Å². The molecular weight excluding hydrogens is 431 g/mol. The van der Waals surface area contributed by atoms with Crippen LogP contribution in [0.5, 0.6) is 0 Å². The van der Waals surface area contributed by atoms with Crippen molar-refractivity contribution in [2.75, 3.05) is 0 Å². The van der Waals surface area contributed by atoms with Gasteiger partial charge in [0, 0.05) is 21.5 Å². The van der Waals surface area contributed by atoms with E-state index in [2.05, 4.69) is 37.8 Å². The quantitative estimate of drug-likeness (QED) is 0.334. The molecule has 1 aromatic carbocycles. The van der Waals surface area contributed by atoms with Gasteiger partial charge >= 0.3 is 0 Å². The molecule has 0 saturated heterocycles. The molecule has 0 aliphatic carbocycles. The normalized spacial score (nSPS) is 11.5. The highest BCUT2D eigenvalue weighted by Crippen LogP contribution is 2.23. The number of ketones is 2. The van der Waals surface area contributed by atoms with Gasteiger partial charge in [-0.2, -0.15) is 10.2 Å². The second-order valence-electron chi connectivity index (χ2n) is 5.63. The maximum absolute atomic E-state index is 11.4. The Morgan fingerprint density at radius 1 is 1.04 bits per heavy atom.